The van der Waals surface area contributed by atoms with E-state index in [2.05, 4.69) is 0 Å². The lowest BCUT2D eigenvalue weighted by Gasteiger charge is -2.11. The van der Waals surface area contributed by atoms with Crippen molar-refractivity contribution < 1.29 is 19.0 Å². The molecule has 0 aliphatic heterocycles. The van der Waals surface area contributed by atoms with Crippen LogP contribution in [0.1, 0.15) is 27.3 Å². The summed E-state index contributed by atoms with van der Waals surface area (Å²) in [4.78, 5) is 15.9. The average molecular weight is 390 g/mol. The third-order valence-corrected chi connectivity index (χ3v) is 4.69. The predicted octanol–water partition coefficient (Wildman–Crippen LogP) is 4.81. The maximum absolute atomic E-state index is 13.3. The number of hydrogen-bond acceptors (Lipinski definition) is 3. The number of ether oxygens (including phenoxy) is 1. The van der Waals surface area contributed by atoms with Crippen molar-refractivity contribution in [2.75, 3.05) is 0 Å². The van der Waals surface area contributed by atoms with Gasteiger partial charge in [0.2, 0.25) is 0 Å². The van der Waals surface area contributed by atoms with E-state index in [1.165, 1.54) is 24.3 Å². The molecule has 0 saturated heterocycles. The van der Waals surface area contributed by atoms with Gasteiger partial charge in [-0.3, -0.25) is 0 Å². The van der Waals surface area contributed by atoms with E-state index < -0.39 is 5.97 Å². The predicted molar refractivity (Wildman–Crippen MR) is 108 cm³/mol. The number of fused-ring (bicyclic) bond motifs is 1. The number of benzene rings is 3. The van der Waals surface area contributed by atoms with Gasteiger partial charge in [0.25, 0.3) is 0 Å². The summed E-state index contributed by atoms with van der Waals surface area (Å²) in [5.74, 6) is -0.117. The van der Waals surface area contributed by atoms with Crippen molar-refractivity contribution in [3.63, 3.8) is 0 Å². The minimum atomic E-state index is -1.01. The van der Waals surface area contributed by atoms with E-state index in [0.29, 0.717) is 18.1 Å². The molecule has 146 valence electrons. The molecule has 5 nitrogen and oxygen atoms in total. The zero-order valence-electron chi connectivity index (χ0n) is 15.8. The second-order valence-electron chi connectivity index (χ2n) is 6.85. The third-order valence-electron chi connectivity index (χ3n) is 4.69. The number of rotatable bonds is 6. The average Bonchev–Trinajstić information content (AvgIpc) is 3.04. The normalized spacial score (nSPS) is 11.0. The molecule has 4 rings (SSSR count). The van der Waals surface area contributed by atoms with Crippen LogP contribution in [0.5, 0.6) is 5.75 Å². The van der Waals surface area contributed by atoms with Crippen molar-refractivity contribution in [2.24, 2.45) is 0 Å². The van der Waals surface area contributed by atoms with E-state index >= 15 is 0 Å². The molecule has 0 bridgehead atoms. The van der Waals surface area contributed by atoms with Gasteiger partial charge in [-0.25, -0.2) is 14.2 Å². The Kier molecular flexibility index (Phi) is 4.99. The Labute approximate surface area is 167 Å². The van der Waals surface area contributed by atoms with Crippen molar-refractivity contribution in [3.05, 3.63) is 95.1 Å². The highest BCUT2D eigenvalue weighted by atomic mass is 19.1. The Balaban J connectivity index is 1.66. The number of aromatic nitrogens is 2. The molecule has 0 spiro atoms. The molecule has 0 aliphatic carbocycles. The number of aromatic carboxylic acids is 1. The minimum Gasteiger partial charge on any atom is -0.486 e. The van der Waals surface area contributed by atoms with Gasteiger partial charge in [-0.05, 0) is 60.5 Å². The molecule has 1 N–H and O–H groups in total. The van der Waals surface area contributed by atoms with Crippen molar-refractivity contribution in [3.8, 4) is 5.75 Å². The number of hydrogen-bond donors (Lipinski definition) is 1. The summed E-state index contributed by atoms with van der Waals surface area (Å²) in [7, 11) is 0. The SMILES string of the molecule is Cc1ccc2c(c1)nc(COc1cccc(C(=O)O)c1)n2Cc1ccc(F)cc1. The molecule has 0 radical (unpaired) electrons. The summed E-state index contributed by atoms with van der Waals surface area (Å²) >= 11 is 0. The quantitative estimate of drug-likeness (QED) is 0.513. The lowest BCUT2D eigenvalue weighted by atomic mass is 10.2. The van der Waals surface area contributed by atoms with E-state index in [0.717, 1.165) is 22.2 Å². The van der Waals surface area contributed by atoms with Crippen molar-refractivity contribution in [2.45, 2.75) is 20.1 Å². The number of carboxylic acid groups (broad SMARTS) is 1. The zero-order valence-corrected chi connectivity index (χ0v) is 15.8. The molecule has 0 saturated carbocycles. The zero-order chi connectivity index (χ0) is 20.4. The Morgan fingerprint density at radius 2 is 1.90 bits per heavy atom. The first-order chi connectivity index (χ1) is 14.0. The number of imidazole rings is 1. The van der Waals surface area contributed by atoms with E-state index in [1.54, 1.807) is 24.3 Å². The first kappa shape index (κ1) is 18.7. The number of carbonyl (C=O) groups is 1. The van der Waals surface area contributed by atoms with Crippen LogP contribution in [0.15, 0.2) is 66.7 Å². The van der Waals surface area contributed by atoms with Gasteiger partial charge in [0.1, 0.15) is 24.0 Å². The fraction of sp³-hybridized carbons (Fsp3) is 0.130. The molecule has 3 aromatic carbocycles. The van der Waals surface area contributed by atoms with Crippen molar-refractivity contribution >= 4 is 17.0 Å². The van der Waals surface area contributed by atoms with Gasteiger partial charge < -0.3 is 14.4 Å². The molecule has 0 atom stereocenters. The highest BCUT2D eigenvalue weighted by Crippen LogP contribution is 2.22. The monoisotopic (exact) mass is 390 g/mol. The minimum absolute atomic E-state index is 0.165. The van der Waals surface area contributed by atoms with E-state index in [1.807, 2.05) is 29.7 Å². The van der Waals surface area contributed by atoms with Crippen LogP contribution in [0.3, 0.4) is 0 Å². The Hall–Kier alpha value is -3.67. The first-order valence-electron chi connectivity index (χ1n) is 9.16. The fourth-order valence-electron chi connectivity index (χ4n) is 3.22. The molecule has 1 aromatic heterocycles. The fourth-order valence-corrected chi connectivity index (χ4v) is 3.22. The van der Waals surface area contributed by atoms with Crippen LogP contribution < -0.4 is 4.74 Å². The summed E-state index contributed by atoms with van der Waals surface area (Å²) in [6.45, 7) is 2.71. The highest BCUT2D eigenvalue weighted by molar-refractivity contribution is 5.88. The summed E-state index contributed by atoms with van der Waals surface area (Å²) in [5, 5.41) is 9.14. The number of aryl methyl sites for hydroxylation is 1. The van der Waals surface area contributed by atoms with Gasteiger partial charge in [-0.2, -0.15) is 0 Å². The van der Waals surface area contributed by atoms with Crippen LogP contribution in [0.4, 0.5) is 4.39 Å². The lowest BCUT2D eigenvalue weighted by molar-refractivity contribution is 0.0696. The van der Waals surface area contributed by atoms with Crippen LogP contribution in [-0.2, 0) is 13.2 Å². The lowest BCUT2D eigenvalue weighted by Crippen LogP contribution is -2.09. The Morgan fingerprint density at radius 1 is 1.10 bits per heavy atom. The summed E-state index contributed by atoms with van der Waals surface area (Å²) in [5.41, 5.74) is 4.02. The molecule has 0 fully saturated rings. The highest BCUT2D eigenvalue weighted by Gasteiger charge is 2.13. The molecule has 29 heavy (non-hydrogen) atoms. The van der Waals surface area contributed by atoms with Crippen LogP contribution in [0.25, 0.3) is 11.0 Å². The Morgan fingerprint density at radius 3 is 2.66 bits per heavy atom. The summed E-state index contributed by atoms with van der Waals surface area (Å²) < 4.78 is 21.1. The molecule has 4 aromatic rings. The molecule has 0 unspecified atom stereocenters. The number of carboxylic acids is 1. The maximum Gasteiger partial charge on any atom is 0.335 e. The summed E-state index contributed by atoms with van der Waals surface area (Å²) in [6.07, 6.45) is 0. The van der Waals surface area contributed by atoms with E-state index in [9.17, 15) is 9.18 Å². The standard InChI is InChI=1S/C23H19FN2O3/c1-15-5-10-21-20(11-15)25-22(26(21)13-16-6-8-18(24)9-7-16)14-29-19-4-2-3-17(12-19)23(27)28/h2-12H,13-14H2,1H3,(H,27,28). The van der Waals surface area contributed by atoms with Crippen LogP contribution >= 0.6 is 0 Å². The van der Waals surface area contributed by atoms with Gasteiger partial charge in [0.05, 0.1) is 16.6 Å². The number of halogens is 1. The molecule has 0 aliphatic rings. The molecular formula is C23H19FN2O3. The third kappa shape index (κ3) is 4.11. The van der Waals surface area contributed by atoms with E-state index in [4.69, 9.17) is 14.8 Å². The second kappa shape index (κ2) is 7.75. The van der Waals surface area contributed by atoms with Crippen molar-refractivity contribution in [1.82, 2.24) is 9.55 Å². The topological polar surface area (TPSA) is 64.3 Å². The van der Waals surface area contributed by atoms with Crippen molar-refractivity contribution in [1.29, 1.82) is 0 Å². The number of nitrogens with zero attached hydrogens (tertiary/aromatic N) is 2. The molecule has 6 heteroatoms. The van der Waals surface area contributed by atoms with Crippen LogP contribution in [0.2, 0.25) is 0 Å². The molecule has 1 heterocycles. The van der Waals surface area contributed by atoms with Crippen LogP contribution in [0, 0.1) is 12.7 Å². The first-order valence-corrected chi connectivity index (χ1v) is 9.16. The smallest absolute Gasteiger partial charge is 0.335 e. The maximum atomic E-state index is 13.3. The second-order valence-corrected chi connectivity index (χ2v) is 6.85. The van der Waals surface area contributed by atoms with E-state index in [-0.39, 0.29) is 18.0 Å². The summed E-state index contributed by atoms with van der Waals surface area (Å²) in [6, 6.07) is 18.8. The largest absolute Gasteiger partial charge is 0.486 e. The van der Waals surface area contributed by atoms with Crippen LogP contribution in [-0.4, -0.2) is 20.6 Å². The van der Waals surface area contributed by atoms with Gasteiger partial charge >= 0.3 is 5.97 Å². The molecular weight excluding hydrogens is 371 g/mol. The van der Waals surface area contributed by atoms with Gasteiger partial charge in [0, 0.05) is 6.54 Å². The Bertz CT molecular complexity index is 1180. The van der Waals surface area contributed by atoms with Gasteiger partial charge in [-0.15, -0.1) is 0 Å². The van der Waals surface area contributed by atoms with Gasteiger partial charge in [0.15, 0.2) is 0 Å². The molecule has 0 amide bonds. The van der Waals surface area contributed by atoms with Gasteiger partial charge in [-0.1, -0.05) is 24.3 Å².